The minimum Gasteiger partial charge on any atom is -0.493 e. The maximum absolute atomic E-state index is 14.0. The molecule has 1 unspecified atom stereocenters. The molecule has 1 aliphatic carbocycles. The molecule has 0 spiro atoms. The number of ether oxygens (including phenoxy) is 2. The number of rotatable bonds is 8. The van der Waals surface area contributed by atoms with Gasteiger partial charge in [-0.15, -0.1) is 0 Å². The van der Waals surface area contributed by atoms with Crippen LogP contribution in [0.1, 0.15) is 74.5 Å². The molecular formula is C28H37NO5S. The normalized spacial score (nSPS) is 21.4. The van der Waals surface area contributed by atoms with Crippen LogP contribution in [0.25, 0.3) is 0 Å². The predicted molar refractivity (Wildman–Crippen MR) is 137 cm³/mol. The predicted octanol–water partition coefficient (Wildman–Crippen LogP) is 5.17. The van der Waals surface area contributed by atoms with E-state index in [1.165, 1.54) is 24.8 Å². The maximum atomic E-state index is 14.0. The lowest BCUT2D eigenvalue weighted by molar-refractivity contribution is 0.0494. The van der Waals surface area contributed by atoms with Crippen LogP contribution in [-0.2, 0) is 27.8 Å². The van der Waals surface area contributed by atoms with E-state index >= 15 is 0 Å². The Balaban J connectivity index is 1.42. The average Bonchev–Trinajstić information content (AvgIpc) is 2.86. The number of aliphatic hydroxyl groups excluding tert-OH is 1. The molecule has 0 amide bonds. The second-order valence-electron chi connectivity index (χ2n) is 10.2. The van der Waals surface area contributed by atoms with Crippen molar-refractivity contribution in [1.29, 1.82) is 0 Å². The van der Waals surface area contributed by atoms with E-state index in [4.69, 9.17) is 9.47 Å². The fourth-order valence-electron chi connectivity index (χ4n) is 5.56. The number of hydrogen-bond acceptors (Lipinski definition) is 5. The number of hydrogen-bond donors (Lipinski definition) is 1. The van der Waals surface area contributed by atoms with Crippen molar-refractivity contribution in [3.8, 4) is 5.75 Å². The monoisotopic (exact) mass is 499 g/mol. The summed E-state index contributed by atoms with van der Waals surface area (Å²) in [6.07, 6.45) is 8.12. The van der Waals surface area contributed by atoms with Crippen LogP contribution in [-0.4, -0.2) is 39.4 Å². The molecule has 1 N–H and O–H groups in total. The average molecular weight is 500 g/mol. The minimum atomic E-state index is -3.80. The highest BCUT2D eigenvalue weighted by Crippen LogP contribution is 2.42. The van der Waals surface area contributed by atoms with Crippen molar-refractivity contribution in [2.75, 3.05) is 24.1 Å². The molecule has 1 saturated heterocycles. The lowest BCUT2D eigenvalue weighted by Crippen LogP contribution is -2.43. The Kier molecular flexibility index (Phi) is 7.37. The SMILES string of the molecule is CCC1CCc2cc(C3CCC3)ccc2N1S(=O)(=O)c1ccc(OCC2CCOCC2)c(CO)c1. The lowest BCUT2D eigenvalue weighted by Gasteiger charge is -2.38. The van der Waals surface area contributed by atoms with Gasteiger partial charge in [0.2, 0.25) is 0 Å². The maximum Gasteiger partial charge on any atom is 0.264 e. The number of fused-ring (bicyclic) bond motifs is 1. The summed E-state index contributed by atoms with van der Waals surface area (Å²) in [7, 11) is -3.80. The summed E-state index contributed by atoms with van der Waals surface area (Å²) in [5.74, 6) is 1.59. The number of benzene rings is 2. The fraction of sp³-hybridized carbons (Fsp3) is 0.571. The Morgan fingerprint density at radius 1 is 1.06 bits per heavy atom. The number of sulfonamides is 1. The highest BCUT2D eigenvalue weighted by molar-refractivity contribution is 7.92. The van der Waals surface area contributed by atoms with E-state index in [0.29, 0.717) is 29.8 Å². The first-order valence-corrected chi connectivity index (χ1v) is 14.6. The second-order valence-corrected chi connectivity index (χ2v) is 12.0. The highest BCUT2D eigenvalue weighted by Gasteiger charge is 2.36. The van der Waals surface area contributed by atoms with Crippen LogP contribution in [0, 0.1) is 5.92 Å². The van der Waals surface area contributed by atoms with E-state index in [1.807, 2.05) is 13.0 Å². The molecule has 1 atom stereocenters. The molecule has 2 aliphatic heterocycles. The zero-order valence-corrected chi connectivity index (χ0v) is 21.4. The molecule has 7 heteroatoms. The van der Waals surface area contributed by atoms with Crippen molar-refractivity contribution < 1.29 is 23.0 Å². The summed E-state index contributed by atoms with van der Waals surface area (Å²) >= 11 is 0. The highest BCUT2D eigenvalue weighted by atomic mass is 32.2. The molecular weight excluding hydrogens is 462 g/mol. The van der Waals surface area contributed by atoms with Crippen molar-refractivity contribution in [2.24, 2.45) is 5.92 Å². The first kappa shape index (κ1) is 24.6. The van der Waals surface area contributed by atoms with Crippen molar-refractivity contribution in [1.82, 2.24) is 0 Å². The summed E-state index contributed by atoms with van der Waals surface area (Å²) in [6.45, 7) is 3.81. The topological polar surface area (TPSA) is 76.1 Å². The number of aliphatic hydroxyl groups is 1. The van der Waals surface area contributed by atoms with Crippen LogP contribution >= 0.6 is 0 Å². The van der Waals surface area contributed by atoms with Crippen molar-refractivity contribution in [2.45, 2.75) is 81.8 Å². The van der Waals surface area contributed by atoms with Gasteiger partial charge in [0.05, 0.1) is 23.8 Å². The minimum absolute atomic E-state index is 0.0796. The summed E-state index contributed by atoms with van der Waals surface area (Å²) in [5.41, 5.74) is 3.78. The number of anilines is 1. The van der Waals surface area contributed by atoms with Gasteiger partial charge >= 0.3 is 0 Å². The molecule has 2 aromatic rings. The summed E-state index contributed by atoms with van der Waals surface area (Å²) in [5, 5.41) is 10.0. The van der Waals surface area contributed by atoms with Crippen LogP contribution in [0.4, 0.5) is 5.69 Å². The molecule has 0 radical (unpaired) electrons. The first-order valence-electron chi connectivity index (χ1n) is 13.1. The van der Waals surface area contributed by atoms with E-state index in [2.05, 4.69) is 12.1 Å². The van der Waals surface area contributed by atoms with E-state index < -0.39 is 10.0 Å². The van der Waals surface area contributed by atoms with E-state index in [0.717, 1.165) is 56.6 Å². The van der Waals surface area contributed by atoms with Crippen molar-refractivity contribution >= 4 is 15.7 Å². The second kappa shape index (κ2) is 10.5. The summed E-state index contributed by atoms with van der Waals surface area (Å²) < 4.78 is 41.0. The molecule has 35 heavy (non-hydrogen) atoms. The molecule has 2 heterocycles. The van der Waals surface area contributed by atoms with Crippen LogP contribution < -0.4 is 9.04 Å². The Morgan fingerprint density at radius 3 is 2.54 bits per heavy atom. The van der Waals surface area contributed by atoms with Gasteiger partial charge in [-0.25, -0.2) is 8.42 Å². The first-order chi connectivity index (χ1) is 17.0. The van der Waals surface area contributed by atoms with Gasteiger partial charge in [0.1, 0.15) is 5.75 Å². The van der Waals surface area contributed by atoms with Gasteiger partial charge in [0.15, 0.2) is 0 Å². The van der Waals surface area contributed by atoms with E-state index in [9.17, 15) is 13.5 Å². The van der Waals surface area contributed by atoms with Gasteiger partial charge in [-0.05, 0) is 92.2 Å². The quantitative estimate of drug-likeness (QED) is 0.542. The third-order valence-electron chi connectivity index (χ3n) is 8.04. The molecule has 6 nitrogen and oxygen atoms in total. The molecule has 190 valence electrons. The molecule has 0 bridgehead atoms. The smallest absolute Gasteiger partial charge is 0.264 e. The molecule has 2 fully saturated rings. The zero-order chi connectivity index (χ0) is 24.4. The lowest BCUT2D eigenvalue weighted by atomic mass is 9.79. The molecule has 0 aromatic heterocycles. The zero-order valence-electron chi connectivity index (χ0n) is 20.6. The number of nitrogens with zero attached hydrogens (tertiary/aromatic N) is 1. The van der Waals surface area contributed by atoms with Gasteiger partial charge in [-0.2, -0.15) is 0 Å². The van der Waals surface area contributed by atoms with Crippen LogP contribution in [0.3, 0.4) is 0 Å². The van der Waals surface area contributed by atoms with Crippen LogP contribution in [0.5, 0.6) is 5.75 Å². The standard InChI is InChI=1S/C28H37NO5S/c1-2-25-8-6-23-16-22(21-4-3-5-21)7-10-27(23)29(25)35(31,32)26-9-11-28(24(17-26)18-30)34-19-20-12-14-33-15-13-20/h7,9-11,16-17,20-21,25,30H,2-6,8,12-15,18-19H2,1H3. The largest absolute Gasteiger partial charge is 0.493 e. The van der Waals surface area contributed by atoms with Crippen molar-refractivity contribution in [3.05, 3.63) is 53.1 Å². The van der Waals surface area contributed by atoms with Gasteiger partial charge in [0, 0.05) is 24.8 Å². The summed E-state index contributed by atoms with van der Waals surface area (Å²) in [4.78, 5) is 0.203. The van der Waals surface area contributed by atoms with E-state index in [-0.39, 0.29) is 17.5 Å². The van der Waals surface area contributed by atoms with Crippen LogP contribution in [0.15, 0.2) is 41.3 Å². The van der Waals surface area contributed by atoms with Gasteiger partial charge in [0.25, 0.3) is 10.0 Å². The molecule has 1 saturated carbocycles. The van der Waals surface area contributed by atoms with E-state index in [1.54, 1.807) is 22.5 Å². The molecule has 5 rings (SSSR count). The van der Waals surface area contributed by atoms with Crippen molar-refractivity contribution in [3.63, 3.8) is 0 Å². The Morgan fingerprint density at radius 2 is 1.86 bits per heavy atom. The van der Waals surface area contributed by atoms with Gasteiger partial charge < -0.3 is 14.6 Å². The Hall–Kier alpha value is -2.09. The fourth-order valence-corrected chi connectivity index (χ4v) is 7.41. The Bertz CT molecular complexity index is 1140. The third-order valence-corrected chi connectivity index (χ3v) is 9.90. The van der Waals surface area contributed by atoms with Gasteiger partial charge in [-0.1, -0.05) is 25.5 Å². The molecule has 3 aliphatic rings. The number of aryl methyl sites for hydroxylation is 1. The third kappa shape index (κ3) is 4.95. The summed E-state index contributed by atoms with van der Waals surface area (Å²) in [6, 6.07) is 11.2. The Labute approximate surface area is 209 Å². The van der Waals surface area contributed by atoms with Crippen LogP contribution in [0.2, 0.25) is 0 Å². The van der Waals surface area contributed by atoms with Gasteiger partial charge in [-0.3, -0.25) is 4.31 Å². The molecule has 2 aromatic carbocycles.